The van der Waals surface area contributed by atoms with E-state index in [1.807, 2.05) is 25.3 Å². The summed E-state index contributed by atoms with van der Waals surface area (Å²) >= 11 is 1.58. The van der Waals surface area contributed by atoms with Crippen molar-refractivity contribution >= 4 is 11.3 Å². The summed E-state index contributed by atoms with van der Waals surface area (Å²) < 4.78 is 28.3. The number of hydrogen-bond acceptors (Lipinski definition) is 2. The highest BCUT2D eigenvalue weighted by atomic mass is 32.1. The van der Waals surface area contributed by atoms with E-state index in [2.05, 4.69) is 5.32 Å². The number of nitrogens with one attached hydrogen (secondary N) is 1. The third kappa shape index (κ3) is 2.69. The van der Waals surface area contributed by atoms with Gasteiger partial charge in [0.1, 0.15) is 11.6 Å². The van der Waals surface area contributed by atoms with E-state index in [-0.39, 0.29) is 5.56 Å². The largest absolute Gasteiger partial charge is 0.306 e. The maximum Gasteiger partial charge on any atom is 0.134 e. The van der Waals surface area contributed by atoms with Crippen molar-refractivity contribution in [3.05, 3.63) is 56.8 Å². The highest BCUT2D eigenvalue weighted by Gasteiger charge is 2.24. The Kier molecular flexibility index (Phi) is 4.32. The normalized spacial score (nSPS) is 12.7. The van der Waals surface area contributed by atoms with Gasteiger partial charge in [0.25, 0.3) is 0 Å². The number of hydrogen-bond donors (Lipinski definition) is 1. The van der Waals surface area contributed by atoms with E-state index >= 15 is 0 Å². The fraction of sp³-hybridized carbons (Fsp3) is 0.333. The molecule has 1 N–H and O–H groups in total. The Balaban J connectivity index is 2.57. The first-order valence-electron chi connectivity index (χ1n) is 6.28. The summed E-state index contributed by atoms with van der Waals surface area (Å²) in [5.41, 5.74) is 1.52. The quantitative estimate of drug-likeness (QED) is 0.879. The van der Waals surface area contributed by atoms with Crippen LogP contribution in [0.25, 0.3) is 0 Å². The van der Waals surface area contributed by atoms with Gasteiger partial charge in [-0.3, -0.25) is 0 Å². The molecule has 0 amide bonds. The maximum atomic E-state index is 14.3. The van der Waals surface area contributed by atoms with Crippen molar-refractivity contribution < 1.29 is 8.78 Å². The van der Waals surface area contributed by atoms with Crippen LogP contribution >= 0.6 is 11.3 Å². The molecule has 0 radical (unpaired) electrons. The average molecular weight is 281 g/mol. The molecule has 1 nitrogen and oxygen atoms in total. The fourth-order valence-corrected chi connectivity index (χ4v) is 2.95. The number of halogens is 2. The lowest BCUT2D eigenvalue weighted by Gasteiger charge is -2.20. The van der Waals surface area contributed by atoms with Crippen LogP contribution in [0, 0.1) is 25.5 Å². The molecule has 0 aliphatic carbocycles. The number of rotatable bonds is 4. The van der Waals surface area contributed by atoms with Gasteiger partial charge < -0.3 is 5.32 Å². The molecule has 0 fully saturated rings. The summed E-state index contributed by atoms with van der Waals surface area (Å²) in [6.07, 6.45) is 0. The van der Waals surface area contributed by atoms with E-state index < -0.39 is 17.7 Å². The maximum absolute atomic E-state index is 14.3. The molecular weight excluding hydrogens is 264 g/mol. The zero-order chi connectivity index (χ0) is 14.0. The van der Waals surface area contributed by atoms with Gasteiger partial charge in [0.05, 0.1) is 6.04 Å². The van der Waals surface area contributed by atoms with Crippen molar-refractivity contribution in [3.63, 3.8) is 0 Å². The Labute approximate surface area is 116 Å². The van der Waals surface area contributed by atoms with Gasteiger partial charge in [-0.05, 0) is 49.0 Å². The van der Waals surface area contributed by atoms with Crippen LogP contribution in [-0.2, 0) is 0 Å². The molecule has 0 aliphatic heterocycles. The van der Waals surface area contributed by atoms with Crippen molar-refractivity contribution in [2.45, 2.75) is 26.8 Å². The minimum absolute atomic E-state index is 0.114. The topological polar surface area (TPSA) is 12.0 Å². The van der Waals surface area contributed by atoms with E-state index in [4.69, 9.17) is 0 Å². The molecule has 1 aromatic heterocycles. The predicted molar refractivity (Wildman–Crippen MR) is 75.7 cm³/mol. The highest BCUT2D eigenvalue weighted by molar-refractivity contribution is 7.10. The van der Waals surface area contributed by atoms with Gasteiger partial charge in [-0.1, -0.05) is 13.0 Å². The number of thiophene rings is 1. The molecule has 0 bridgehead atoms. The summed E-state index contributed by atoms with van der Waals surface area (Å²) in [6, 6.07) is 4.29. The third-order valence-corrected chi connectivity index (χ3v) is 4.09. The van der Waals surface area contributed by atoms with Crippen molar-refractivity contribution in [3.8, 4) is 0 Å². The molecule has 1 heterocycles. The van der Waals surface area contributed by atoms with Crippen LogP contribution in [0.3, 0.4) is 0 Å². The molecule has 0 saturated heterocycles. The Morgan fingerprint density at radius 3 is 2.53 bits per heavy atom. The summed E-state index contributed by atoms with van der Waals surface area (Å²) in [4.78, 5) is 1.08. The highest BCUT2D eigenvalue weighted by Crippen LogP contribution is 2.32. The first kappa shape index (κ1) is 14.2. The Morgan fingerprint density at radius 1 is 1.21 bits per heavy atom. The first-order valence-corrected chi connectivity index (χ1v) is 7.16. The second-order valence-electron chi connectivity index (χ2n) is 4.51. The van der Waals surface area contributed by atoms with Gasteiger partial charge in [-0.2, -0.15) is 0 Å². The zero-order valence-corrected chi connectivity index (χ0v) is 12.1. The van der Waals surface area contributed by atoms with Crippen LogP contribution in [0.4, 0.5) is 8.78 Å². The summed E-state index contributed by atoms with van der Waals surface area (Å²) in [7, 11) is 0. The molecule has 0 saturated carbocycles. The minimum Gasteiger partial charge on any atom is -0.306 e. The lowest BCUT2D eigenvalue weighted by Crippen LogP contribution is -2.24. The van der Waals surface area contributed by atoms with Crippen molar-refractivity contribution in [2.24, 2.45) is 0 Å². The standard InChI is InChI=1S/C15H17F2NS/c1-4-18-15(11-7-8-19-10(11)3)13-12(16)6-5-9(2)14(13)17/h5-8,15,18H,4H2,1-3H3. The van der Waals surface area contributed by atoms with Gasteiger partial charge in [-0.15, -0.1) is 11.3 Å². The van der Waals surface area contributed by atoms with E-state index in [0.717, 1.165) is 10.4 Å². The molecule has 0 aliphatic rings. The Hall–Kier alpha value is -1.26. The molecule has 1 aromatic carbocycles. The Bertz CT molecular complexity index is 578. The molecule has 2 aromatic rings. The minimum atomic E-state index is -0.500. The lowest BCUT2D eigenvalue weighted by molar-refractivity contribution is 0.506. The molecule has 0 spiro atoms. The van der Waals surface area contributed by atoms with Gasteiger partial charge >= 0.3 is 0 Å². The smallest absolute Gasteiger partial charge is 0.134 e. The van der Waals surface area contributed by atoms with Crippen molar-refractivity contribution in [1.29, 1.82) is 0 Å². The number of benzene rings is 1. The van der Waals surface area contributed by atoms with E-state index in [0.29, 0.717) is 12.1 Å². The summed E-state index contributed by atoms with van der Waals surface area (Å²) in [5.74, 6) is -0.962. The van der Waals surface area contributed by atoms with E-state index in [9.17, 15) is 8.78 Å². The first-order chi connectivity index (χ1) is 9.06. The van der Waals surface area contributed by atoms with Crippen LogP contribution in [-0.4, -0.2) is 6.54 Å². The molecule has 2 rings (SSSR count). The molecule has 1 atom stereocenters. The molecule has 1 unspecified atom stereocenters. The van der Waals surface area contributed by atoms with Crippen molar-refractivity contribution in [1.82, 2.24) is 5.32 Å². The van der Waals surface area contributed by atoms with Crippen LogP contribution in [0.15, 0.2) is 23.6 Å². The lowest BCUT2D eigenvalue weighted by atomic mass is 9.96. The fourth-order valence-electron chi connectivity index (χ4n) is 2.21. The number of aryl methyl sites for hydroxylation is 2. The van der Waals surface area contributed by atoms with Crippen LogP contribution in [0.2, 0.25) is 0 Å². The second kappa shape index (κ2) is 5.80. The summed E-state index contributed by atoms with van der Waals surface area (Å²) in [6.45, 7) is 6.20. The predicted octanol–water partition coefficient (Wildman–Crippen LogP) is 4.34. The zero-order valence-electron chi connectivity index (χ0n) is 11.3. The van der Waals surface area contributed by atoms with Gasteiger partial charge in [0.15, 0.2) is 0 Å². The van der Waals surface area contributed by atoms with Crippen LogP contribution in [0.5, 0.6) is 0 Å². The second-order valence-corrected chi connectivity index (χ2v) is 5.64. The monoisotopic (exact) mass is 281 g/mol. The van der Waals surface area contributed by atoms with Gasteiger partial charge in [-0.25, -0.2) is 8.78 Å². The van der Waals surface area contributed by atoms with Crippen LogP contribution in [0.1, 0.15) is 34.5 Å². The molecule has 19 heavy (non-hydrogen) atoms. The van der Waals surface area contributed by atoms with E-state index in [1.54, 1.807) is 18.3 Å². The third-order valence-electron chi connectivity index (χ3n) is 3.23. The Morgan fingerprint density at radius 2 is 1.95 bits per heavy atom. The van der Waals surface area contributed by atoms with Crippen LogP contribution < -0.4 is 5.32 Å². The molecule has 4 heteroatoms. The van der Waals surface area contributed by atoms with E-state index in [1.165, 1.54) is 12.1 Å². The molecule has 102 valence electrons. The molecular formula is C15H17F2NS. The van der Waals surface area contributed by atoms with Gasteiger partial charge in [0.2, 0.25) is 0 Å². The average Bonchev–Trinajstić information content (AvgIpc) is 2.79. The van der Waals surface area contributed by atoms with Gasteiger partial charge in [0, 0.05) is 10.4 Å². The summed E-state index contributed by atoms with van der Waals surface area (Å²) in [5, 5.41) is 5.12. The van der Waals surface area contributed by atoms with Crippen molar-refractivity contribution in [2.75, 3.05) is 6.54 Å². The SMILES string of the molecule is CCNC(c1ccsc1C)c1c(F)ccc(C)c1F.